The number of hydrogen-bond donors (Lipinski definition) is 2. The van der Waals surface area contributed by atoms with Gasteiger partial charge in [0.2, 0.25) is 0 Å². The van der Waals surface area contributed by atoms with Crippen LogP contribution in [0.15, 0.2) is 33.3 Å². The van der Waals surface area contributed by atoms with E-state index in [1.807, 2.05) is 0 Å². The Morgan fingerprint density at radius 2 is 2.12 bits per heavy atom. The SMILES string of the molecule is O=C(O)c1cc(-c2ccc(O)cc2Br)on1. The Morgan fingerprint density at radius 3 is 2.69 bits per heavy atom. The maximum atomic E-state index is 10.6. The molecule has 2 N–H and O–H groups in total. The molecule has 0 bridgehead atoms. The van der Waals surface area contributed by atoms with Gasteiger partial charge in [0.05, 0.1) is 0 Å². The van der Waals surface area contributed by atoms with E-state index < -0.39 is 5.97 Å². The number of aromatic carboxylic acids is 1. The van der Waals surface area contributed by atoms with Gasteiger partial charge in [-0.3, -0.25) is 0 Å². The van der Waals surface area contributed by atoms with Gasteiger partial charge in [-0.15, -0.1) is 0 Å². The van der Waals surface area contributed by atoms with Crippen molar-refractivity contribution in [1.29, 1.82) is 0 Å². The van der Waals surface area contributed by atoms with Crippen molar-refractivity contribution >= 4 is 21.9 Å². The van der Waals surface area contributed by atoms with Crippen LogP contribution in [0.4, 0.5) is 0 Å². The van der Waals surface area contributed by atoms with Crippen LogP contribution in [0.2, 0.25) is 0 Å². The fourth-order valence-electron chi connectivity index (χ4n) is 1.21. The van der Waals surface area contributed by atoms with Crippen molar-refractivity contribution in [2.24, 2.45) is 0 Å². The van der Waals surface area contributed by atoms with E-state index in [4.69, 9.17) is 9.63 Å². The highest BCUT2D eigenvalue weighted by Crippen LogP contribution is 2.31. The van der Waals surface area contributed by atoms with Crippen molar-refractivity contribution in [2.45, 2.75) is 0 Å². The molecule has 2 aromatic rings. The lowest BCUT2D eigenvalue weighted by atomic mass is 10.1. The topological polar surface area (TPSA) is 83.6 Å². The summed E-state index contributed by atoms with van der Waals surface area (Å²) in [6.07, 6.45) is 0. The van der Waals surface area contributed by atoms with Crippen molar-refractivity contribution < 1.29 is 19.5 Å². The molecule has 0 radical (unpaired) electrons. The zero-order valence-electron chi connectivity index (χ0n) is 7.85. The van der Waals surface area contributed by atoms with Crippen LogP contribution >= 0.6 is 15.9 Å². The van der Waals surface area contributed by atoms with Gasteiger partial charge in [0.25, 0.3) is 0 Å². The molecule has 5 nitrogen and oxygen atoms in total. The van der Waals surface area contributed by atoms with Crippen molar-refractivity contribution in [1.82, 2.24) is 5.16 Å². The average Bonchev–Trinajstić information content (AvgIpc) is 2.66. The third-order valence-electron chi connectivity index (χ3n) is 1.95. The highest BCUT2D eigenvalue weighted by Gasteiger charge is 2.14. The number of benzene rings is 1. The molecule has 0 atom stereocenters. The van der Waals surface area contributed by atoms with Crippen LogP contribution in [0.1, 0.15) is 10.5 Å². The number of aromatic nitrogens is 1. The number of carboxylic acid groups (broad SMARTS) is 1. The Morgan fingerprint density at radius 1 is 1.38 bits per heavy atom. The summed E-state index contributed by atoms with van der Waals surface area (Å²) in [4.78, 5) is 10.6. The Labute approximate surface area is 98.4 Å². The predicted octanol–water partition coefficient (Wildman–Crippen LogP) is 2.51. The minimum atomic E-state index is -1.15. The first-order chi connectivity index (χ1) is 7.58. The molecular formula is C10H6BrNO4. The van der Waals surface area contributed by atoms with Gasteiger partial charge < -0.3 is 14.7 Å². The number of aromatic hydroxyl groups is 1. The van der Waals surface area contributed by atoms with Crippen molar-refractivity contribution in [3.05, 3.63) is 34.4 Å². The molecule has 0 aliphatic carbocycles. The second kappa shape index (κ2) is 3.97. The van der Waals surface area contributed by atoms with Crippen LogP contribution < -0.4 is 0 Å². The minimum absolute atomic E-state index is 0.105. The average molecular weight is 284 g/mol. The number of carbonyl (C=O) groups is 1. The maximum Gasteiger partial charge on any atom is 0.358 e. The summed E-state index contributed by atoms with van der Waals surface area (Å²) in [5, 5.41) is 21.3. The largest absolute Gasteiger partial charge is 0.508 e. The normalized spacial score (nSPS) is 10.3. The molecule has 0 saturated carbocycles. The van der Waals surface area contributed by atoms with Gasteiger partial charge in [0.15, 0.2) is 11.5 Å². The van der Waals surface area contributed by atoms with Gasteiger partial charge in [-0.2, -0.15) is 0 Å². The second-order valence-electron chi connectivity index (χ2n) is 3.05. The smallest absolute Gasteiger partial charge is 0.358 e. The Kier molecular flexibility index (Phi) is 2.66. The lowest BCUT2D eigenvalue weighted by Crippen LogP contribution is -1.94. The van der Waals surface area contributed by atoms with Crippen LogP contribution in [-0.2, 0) is 0 Å². The molecule has 0 spiro atoms. The zero-order chi connectivity index (χ0) is 11.7. The summed E-state index contributed by atoms with van der Waals surface area (Å²) in [6.45, 7) is 0. The van der Waals surface area contributed by atoms with E-state index in [1.54, 1.807) is 6.07 Å². The first-order valence-corrected chi connectivity index (χ1v) is 5.06. The summed E-state index contributed by atoms with van der Waals surface area (Å²) in [7, 11) is 0. The lowest BCUT2D eigenvalue weighted by Gasteiger charge is -1.99. The summed E-state index contributed by atoms with van der Waals surface area (Å²) in [6, 6.07) is 5.88. The molecule has 0 saturated heterocycles. The summed E-state index contributed by atoms with van der Waals surface area (Å²) in [5.74, 6) is -0.720. The number of nitrogens with zero attached hydrogens (tertiary/aromatic N) is 1. The number of phenols is 1. The summed E-state index contributed by atoms with van der Waals surface area (Å²) < 4.78 is 5.49. The van der Waals surface area contributed by atoms with E-state index in [1.165, 1.54) is 18.2 Å². The van der Waals surface area contributed by atoms with Gasteiger partial charge in [-0.1, -0.05) is 5.16 Å². The molecule has 0 aliphatic heterocycles. The third kappa shape index (κ3) is 1.92. The number of hydrogen-bond acceptors (Lipinski definition) is 4. The van der Waals surface area contributed by atoms with Gasteiger partial charge >= 0.3 is 5.97 Å². The Bertz CT molecular complexity index is 550. The molecular weight excluding hydrogens is 278 g/mol. The zero-order valence-corrected chi connectivity index (χ0v) is 9.43. The van der Waals surface area contributed by atoms with Crippen LogP contribution in [0, 0.1) is 0 Å². The number of phenolic OH excluding ortho intramolecular Hbond substituents is 1. The number of rotatable bonds is 2. The molecule has 6 heteroatoms. The van der Waals surface area contributed by atoms with Crippen LogP contribution in [0.5, 0.6) is 5.75 Å². The van der Waals surface area contributed by atoms with E-state index in [9.17, 15) is 9.90 Å². The number of carboxylic acids is 1. The molecule has 16 heavy (non-hydrogen) atoms. The van der Waals surface area contributed by atoms with E-state index in [2.05, 4.69) is 21.1 Å². The summed E-state index contributed by atoms with van der Waals surface area (Å²) >= 11 is 3.23. The molecule has 2 rings (SSSR count). The maximum absolute atomic E-state index is 10.6. The fourth-order valence-corrected chi connectivity index (χ4v) is 1.77. The van der Waals surface area contributed by atoms with Crippen LogP contribution in [0.25, 0.3) is 11.3 Å². The van der Waals surface area contributed by atoms with E-state index in [-0.39, 0.29) is 11.4 Å². The second-order valence-corrected chi connectivity index (χ2v) is 3.90. The van der Waals surface area contributed by atoms with Crippen molar-refractivity contribution in [2.75, 3.05) is 0 Å². The standard InChI is InChI=1S/C10H6BrNO4/c11-7-3-5(13)1-2-6(7)9-4-8(10(14)15)12-16-9/h1-4,13H,(H,14,15). The minimum Gasteiger partial charge on any atom is -0.508 e. The van der Waals surface area contributed by atoms with E-state index >= 15 is 0 Å². The molecule has 0 aliphatic rings. The van der Waals surface area contributed by atoms with Crippen LogP contribution in [0.3, 0.4) is 0 Å². The quantitative estimate of drug-likeness (QED) is 0.885. The monoisotopic (exact) mass is 283 g/mol. The molecule has 1 aromatic carbocycles. The first kappa shape index (κ1) is 10.7. The van der Waals surface area contributed by atoms with Crippen LogP contribution in [-0.4, -0.2) is 21.3 Å². The molecule has 1 aromatic heterocycles. The molecule has 0 unspecified atom stereocenters. The Balaban J connectivity index is 2.46. The first-order valence-electron chi connectivity index (χ1n) is 4.27. The highest BCUT2D eigenvalue weighted by molar-refractivity contribution is 9.10. The molecule has 0 amide bonds. The van der Waals surface area contributed by atoms with Gasteiger partial charge in [0, 0.05) is 16.1 Å². The highest BCUT2D eigenvalue weighted by atomic mass is 79.9. The fraction of sp³-hybridized carbons (Fsp3) is 0. The molecule has 0 fully saturated rings. The number of halogens is 1. The third-order valence-corrected chi connectivity index (χ3v) is 2.60. The van der Waals surface area contributed by atoms with Gasteiger partial charge in [-0.05, 0) is 34.1 Å². The van der Waals surface area contributed by atoms with Gasteiger partial charge in [0.1, 0.15) is 5.75 Å². The summed E-state index contributed by atoms with van der Waals surface area (Å²) in [5.41, 5.74) is 0.466. The Hall–Kier alpha value is -1.82. The van der Waals surface area contributed by atoms with E-state index in [0.29, 0.717) is 15.8 Å². The van der Waals surface area contributed by atoms with Crippen molar-refractivity contribution in [3.63, 3.8) is 0 Å². The van der Waals surface area contributed by atoms with Crippen molar-refractivity contribution in [3.8, 4) is 17.1 Å². The molecule has 1 heterocycles. The lowest BCUT2D eigenvalue weighted by molar-refractivity contribution is 0.0686. The van der Waals surface area contributed by atoms with Gasteiger partial charge in [-0.25, -0.2) is 4.79 Å². The predicted molar refractivity (Wildman–Crippen MR) is 58.3 cm³/mol. The van der Waals surface area contributed by atoms with E-state index in [0.717, 1.165) is 0 Å². The molecule has 82 valence electrons.